The van der Waals surface area contributed by atoms with Gasteiger partial charge in [-0.15, -0.1) is 0 Å². The van der Waals surface area contributed by atoms with Crippen LogP contribution in [0, 0.1) is 11.7 Å². The Labute approximate surface area is 176 Å². The number of carbonyl (C=O) groups is 1. The fraction of sp³-hybridized carbons (Fsp3) is 0.318. The van der Waals surface area contributed by atoms with Crippen LogP contribution in [0.5, 0.6) is 0 Å². The van der Waals surface area contributed by atoms with Gasteiger partial charge in [-0.2, -0.15) is 5.10 Å². The molecule has 7 heteroatoms. The van der Waals surface area contributed by atoms with Gasteiger partial charge in [-0.25, -0.2) is 0 Å². The van der Waals surface area contributed by atoms with Crippen LogP contribution in [0.3, 0.4) is 0 Å². The number of carbonyl (C=O) groups excluding carboxylic acids is 1. The fourth-order valence-corrected chi connectivity index (χ4v) is 3.39. The van der Waals surface area contributed by atoms with Gasteiger partial charge in [-0.05, 0) is 44.4 Å². The van der Waals surface area contributed by atoms with Crippen LogP contribution in [-0.4, -0.2) is 39.7 Å². The smallest absolute Gasteiger partial charge is 0.222 e. The van der Waals surface area contributed by atoms with Crippen LogP contribution in [0.25, 0.3) is 11.4 Å². The molecule has 3 rings (SSSR count). The van der Waals surface area contributed by atoms with Crippen molar-refractivity contribution >= 4 is 18.1 Å². The molecule has 0 atom stereocenters. The number of rotatable bonds is 8. The lowest BCUT2D eigenvalue weighted by Gasteiger charge is -2.15. The fourth-order valence-electron chi connectivity index (χ4n) is 3.17. The van der Waals surface area contributed by atoms with Crippen LogP contribution >= 0.6 is 12.2 Å². The van der Waals surface area contributed by atoms with E-state index in [0.717, 1.165) is 23.5 Å². The largest absolute Gasteiger partial charge is 0.352 e. The first-order valence-corrected chi connectivity index (χ1v) is 10.1. The van der Waals surface area contributed by atoms with Gasteiger partial charge in [0.05, 0.1) is 0 Å². The summed E-state index contributed by atoms with van der Waals surface area (Å²) in [6, 6.07) is 16.3. The molecular formula is C22H27N5OS. The Balaban J connectivity index is 1.62. The average Bonchev–Trinajstić information content (AvgIpc) is 3.06. The maximum Gasteiger partial charge on any atom is 0.222 e. The van der Waals surface area contributed by atoms with E-state index in [4.69, 9.17) is 12.2 Å². The summed E-state index contributed by atoms with van der Waals surface area (Å²) in [5.41, 5.74) is 4.51. The molecule has 2 N–H and O–H groups in total. The molecule has 2 aromatic carbocycles. The molecule has 0 bridgehead atoms. The van der Waals surface area contributed by atoms with Crippen LogP contribution < -0.4 is 5.32 Å². The van der Waals surface area contributed by atoms with Gasteiger partial charge in [0.1, 0.15) is 0 Å². The first kappa shape index (κ1) is 21.0. The topological polar surface area (TPSA) is 66.0 Å². The average molecular weight is 410 g/mol. The SMILES string of the molecule is Cc1ccc(-c2n[nH]c(=S)n2CCC(=O)NCc2ccccc2CN(C)C)cc1. The van der Waals surface area contributed by atoms with E-state index in [9.17, 15) is 4.79 Å². The molecule has 0 spiro atoms. The number of hydrogen-bond donors (Lipinski definition) is 2. The van der Waals surface area contributed by atoms with Crippen molar-refractivity contribution in [1.29, 1.82) is 0 Å². The van der Waals surface area contributed by atoms with Crippen molar-refractivity contribution in [1.82, 2.24) is 25.0 Å². The highest BCUT2D eigenvalue weighted by Crippen LogP contribution is 2.18. The zero-order chi connectivity index (χ0) is 20.8. The molecule has 0 unspecified atom stereocenters. The van der Waals surface area contributed by atoms with Crippen LogP contribution in [-0.2, 0) is 24.4 Å². The Morgan fingerprint density at radius 3 is 2.52 bits per heavy atom. The van der Waals surface area contributed by atoms with E-state index in [1.807, 2.05) is 62.0 Å². The Kier molecular flexibility index (Phi) is 6.95. The summed E-state index contributed by atoms with van der Waals surface area (Å²) in [7, 11) is 4.07. The van der Waals surface area contributed by atoms with Crippen molar-refractivity contribution in [3.63, 3.8) is 0 Å². The van der Waals surface area contributed by atoms with Crippen LogP contribution in [0.4, 0.5) is 0 Å². The molecule has 1 aromatic heterocycles. The summed E-state index contributed by atoms with van der Waals surface area (Å²) < 4.78 is 2.39. The second-order valence-electron chi connectivity index (χ2n) is 7.40. The molecule has 0 aliphatic heterocycles. The summed E-state index contributed by atoms with van der Waals surface area (Å²) in [6.45, 7) is 3.88. The second-order valence-corrected chi connectivity index (χ2v) is 7.79. The van der Waals surface area contributed by atoms with Gasteiger partial charge in [-0.1, -0.05) is 54.1 Å². The third-order valence-corrected chi connectivity index (χ3v) is 5.02. The summed E-state index contributed by atoms with van der Waals surface area (Å²) in [5.74, 6) is 0.738. The number of nitrogens with zero attached hydrogens (tertiary/aromatic N) is 3. The highest BCUT2D eigenvalue weighted by molar-refractivity contribution is 7.71. The van der Waals surface area contributed by atoms with E-state index in [-0.39, 0.29) is 5.91 Å². The predicted molar refractivity (Wildman–Crippen MR) is 118 cm³/mol. The van der Waals surface area contributed by atoms with Gasteiger partial charge < -0.3 is 10.2 Å². The molecule has 0 radical (unpaired) electrons. The van der Waals surface area contributed by atoms with Crippen LogP contribution in [0.15, 0.2) is 48.5 Å². The van der Waals surface area contributed by atoms with E-state index in [1.54, 1.807) is 0 Å². The Morgan fingerprint density at radius 2 is 1.83 bits per heavy atom. The van der Waals surface area contributed by atoms with E-state index >= 15 is 0 Å². The summed E-state index contributed by atoms with van der Waals surface area (Å²) in [4.78, 5) is 14.6. The zero-order valence-corrected chi connectivity index (χ0v) is 17.9. The lowest BCUT2D eigenvalue weighted by Crippen LogP contribution is -2.25. The summed E-state index contributed by atoms with van der Waals surface area (Å²) in [5, 5.41) is 10.2. The number of amides is 1. The maximum atomic E-state index is 12.4. The number of hydrogen-bond acceptors (Lipinski definition) is 4. The number of aromatic nitrogens is 3. The minimum absolute atomic E-state index is 0.0115. The molecule has 6 nitrogen and oxygen atoms in total. The first-order valence-electron chi connectivity index (χ1n) is 9.64. The molecule has 1 heterocycles. The molecule has 152 valence electrons. The van der Waals surface area contributed by atoms with E-state index in [0.29, 0.717) is 24.3 Å². The number of aromatic amines is 1. The van der Waals surface area contributed by atoms with E-state index < -0.39 is 0 Å². The zero-order valence-electron chi connectivity index (χ0n) is 17.1. The van der Waals surface area contributed by atoms with Crippen molar-refractivity contribution in [3.05, 3.63) is 70.0 Å². The predicted octanol–water partition coefficient (Wildman–Crippen LogP) is 3.68. The monoisotopic (exact) mass is 409 g/mol. The lowest BCUT2D eigenvalue weighted by molar-refractivity contribution is -0.121. The molecule has 0 saturated heterocycles. The summed E-state index contributed by atoms with van der Waals surface area (Å²) in [6.07, 6.45) is 0.336. The summed E-state index contributed by atoms with van der Waals surface area (Å²) >= 11 is 5.36. The van der Waals surface area contributed by atoms with Gasteiger partial charge in [-0.3, -0.25) is 14.5 Å². The molecule has 29 heavy (non-hydrogen) atoms. The third-order valence-electron chi connectivity index (χ3n) is 4.71. The molecule has 1 amide bonds. The van der Waals surface area contributed by atoms with Gasteiger partial charge in [0.2, 0.25) is 5.91 Å². The minimum Gasteiger partial charge on any atom is -0.352 e. The molecular weight excluding hydrogens is 382 g/mol. The van der Waals surface area contributed by atoms with Gasteiger partial charge in [0, 0.05) is 31.6 Å². The van der Waals surface area contributed by atoms with Crippen molar-refractivity contribution in [3.8, 4) is 11.4 Å². The Hall–Kier alpha value is -2.77. The van der Waals surface area contributed by atoms with Crippen LogP contribution in [0.1, 0.15) is 23.1 Å². The molecule has 0 fully saturated rings. The standard InChI is InChI=1S/C22H27N5OS/c1-16-8-10-17(11-9-16)21-24-25-22(29)27(21)13-12-20(28)23-14-18-6-4-5-7-19(18)15-26(2)3/h4-11H,12-15H2,1-3H3,(H,23,28)(H,25,29). The Morgan fingerprint density at radius 1 is 1.14 bits per heavy atom. The lowest BCUT2D eigenvalue weighted by atomic mass is 10.1. The first-order chi connectivity index (χ1) is 13.9. The minimum atomic E-state index is -0.0115. The quantitative estimate of drug-likeness (QED) is 0.557. The Bertz CT molecular complexity index is 1020. The second kappa shape index (κ2) is 9.62. The van der Waals surface area contributed by atoms with Crippen molar-refractivity contribution < 1.29 is 4.79 Å². The number of nitrogens with one attached hydrogen (secondary N) is 2. The maximum absolute atomic E-state index is 12.4. The van der Waals surface area contributed by atoms with Crippen molar-refractivity contribution in [2.75, 3.05) is 14.1 Å². The van der Waals surface area contributed by atoms with E-state index in [1.165, 1.54) is 11.1 Å². The molecule has 0 aliphatic rings. The van der Waals surface area contributed by atoms with Crippen LogP contribution in [0.2, 0.25) is 0 Å². The van der Waals surface area contributed by atoms with Gasteiger partial charge >= 0.3 is 0 Å². The number of aryl methyl sites for hydroxylation is 1. The third kappa shape index (κ3) is 5.62. The highest BCUT2D eigenvalue weighted by Gasteiger charge is 2.11. The normalized spacial score (nSPS) is 11.0. The highest BCUT2D eigenvalue weighted by atomic mass is 32.1. The van der Waals surface area contributed by atoms with E-state index in [2.05, 4.69) is 32.5 Å². The van der Waals surface area contributed by atoms with Gasteiger partial charge in [0.25, 0.3) is 0 Å². The molecule has 3 aromatic rings. The van der Waals surface area contributed by atoms with Gasteiger partial charge in [0.15, 0.2) is 10.6 Å². The van der Waals surface area contributed by atoms with Crippen molar-refractivity contribution in [2.24, 2.45) is 0 Å². The molecule has 0 aliphatic carbocycles. The van der Waals surface area contributed by atoms with Crippen molar-refractivity contribution in [2.45, 2.75) is 33.0 Å². The number of H-pyrrole nitrogens is 1. The number of benzene rings is 2. The molecule has 0 saturated carbocycles.